The summed E-state index contributed by atoms with van der Waals surface area (Å²) >= 11 is 1.82. The van der Waals surface area contributed by atoms with Crippen LogP contribution in [0.25, 0.3) is 0 Å². The Morgan fingerprint density at radius 3 is 2.56 bits per heavy atom. The molecule has 6 nitrogen and oxygen atoms in total. The second-order valence-electron chi connectivity index (χ2n) is 7.06. The van der Waals surface area contributed by atoms with Crippen LogP contribution in [-0.2, 0) is 4.74 Å². The number of hydrogen-bond acceptors (Lipinski definition) is 5. The SMILES string of the molecule is CN=C(NCC1(N(C)C)CCOCC1)N1CCN(c2cccs2)CC1. The Labute approximate surface area is 155 Å². The molecule has 2 aliphatic rings. The Morgan fingerprint density at radius 1 is 1.28 bits per heavy atom. The van der Waals surface area contributed by atoms with Crippen molar-refractivity contribution in [3.8, 4) is 0 Å². The highest BCUT2D eigenvalue weighted by Gasteiger charge is 2.35. The fraction of sp³-hybridized carbons (Fsp3) is 0.722. The van der Waals surface area contributed by atoms with Crippen molar-refractivity contribution in [2.75, 3.05) is 72.0 Å². The molecule has 1 aromatic heterocycles. The highest BCUT2D eigenvalue weighted by molar-refractivity contribution is 7.14. The number of guanidine groups is 1. The summed E-state index contributed by atoms with van der Waals surface area (Å²) in [5, 5.41) is 7.16. The molecule has 2 aliphatic heterocycles. The largest absolute Gasteiger partial charge is 0.381 e. The maximum Gasteiger partial charge on any atom is 0.193 e. The summed E-state index contributed by atoms with van der Waals surface area (Å²) < 4.78 is 5.57. The molecule has 0 amide bonds. The fourth-order valence-corrected chi connectivity index (χ4v) is 4.48. The van der Waals surface area contributed by atoms with E-state index in [1.807, 2.05) is 18.4 Å². The topological polar surface area (TPSA) is 43.3 Å². The third-order valence-electron chi connectivity index (χ3n) is 5.56. The second-order valence-corrected chi connectivity index (χ2v) is 7.98. The molecule has 0 aromatic carbocycles. The molecule has 1 aromatic rings. The Kier molecular flexibility index (Phi) is 6.19. The van der Waals surface area contributed by atoms with E-state index in [1.165, 1.54) is 5.00 Å². The zero-order valence-electron chi connectivity index (χ0n) is 15.7. The van der Waals surface area contributed by atoms with Crippen LogP contribution in [-0.4, -0.2) is 88.4 Å². The molecule has 0 atom stereocenters. The molecule has 0 radical (unpaired) electrons. The van der Waals surface area contributed by atoms with E-state index < -0.39 is 0 Å². The van der Waals surface area contributed by atoms with Gasteiger partial charge in [-0.25, -0.2) is 0 Å². The maximum absolute atomic E-state index is 5.57. The minimum atomic E-state index is 0.160. The van der Waals surface area contributed by atoms with Gasteiger partial charge in [0.05, 0.1) is 5.00 Å². The average Bonchev–Trinajstić information content (AvgIpc) is 3.18. The molecule has 0 saturated carbocycles. The minimum absolute atomic E-state index is 0.160. The van der Waals surface area contributed by atoms with Gasteiger partial charge >= 0.3 is 0 Å². The van der Waals surface area contributed by atoms with Gasteiger partial charge in [-0.2, -0.15) is 0 Å². The smallest absolute Gasteiger partial charge is 0.193 e. The van der Waals surface area contributed by atoms with E-state index >= 15 is 0 Å². The lowest BCUT2D eigenvalue weighted by molar-refractivity contribution is -0.00526. The molecule has 3 rings (SSSR count). The number of piperazine rings is 1. The summed E-state index contributed by atoms with van der Waals surface area (Å²) in [6.45, 7) is 6.73. The van der Waals surface area contributed by atoms with Gasteiger partial charge in [-0.15, -0.1) is 11.3 Å². The van der Waals surface area contributed by atoms with Gasteiger partial charge in [0.15, 0.2) is 5.96 Å². The van der Waals surface area contributed by atoms with Gasteiger partial charge in [0.1, 0.15) is 0 Å². The third kappa shape index (κ3) is 4.27. The summed E-state index contributed by atoms with van der Waals surface area (Å²) in [4.78, 5) is 11.7. The van der Waals surface area contributed by atoms with E-state index in [2.05, 4.69) is 56.6 Å². The van der Waals surface area contributed by atoms with Crippen LogP contribution >= 0.6 is 11.3 Å². The lowest BCUT2D eigenvalue weighted by Crippen LogP contribution is -2.59. The van der Waals surface area contributed by atoms with Crippen molar-refractivity contribution in [2.45, 2.75) is 18.4 Å². The normalized spacial score (nSPS) is 21.7. The van der Waals surface area contributed by atoms with Crippen molar-refractivity contribution >= 4 is 22.3 Å². The number of nitrogens with zero attached hydrogens (tertiary/aromatic N) is 4. The van der Waals surface area contributed by atoms with Gasteiger partial charge in [0.2, 0.25) is 0 Å². The summed E-state index contributed by atoms with van der Waals surface area (Å²) in [5.74, 6) is 1.03. The van der Waals surface area contributed by atoms with Gasteiger partial charge in [-0.3, -0.25) is 4.99 Å². The third-order valence-corrected chi connectivity index (χ3v) is 6.49. The molecular weight excluding hydrogens is 334 g/mol. The van der Waals surface area contributed by atoms with Crippen molar-refractivity contribution in [1.82, 2.24) is 15.1 Å². The Hall–Kier alpha value is -1.31. The van der Waals surface area contributed by atoms with Crippen LogP contribution in [0.5, 0.6) is 0 Å². The van der Waals surface area contributed by atoms with Crippen molar-refractivity contribution in [2.24, 2.45) is 4.99 Å². The summed E-state index contributed by atoms with van der Waals surface area (Å²) in [6, 6.07) is 4.33. The lowest BCUT2D eigenvalue weighted by atomic mass is 9.88. The van der Waals surface area contributed by atoms with E-state index in [4.69, 9.17) is 4.74 Å². The first-order valence-electron chi connectivity index (χ1n) is 9.14. The average molecular weight is 366 g/mol. The van der Waals surface area contributed by atoms with Gasteiger partial charge in [-0.1, -0.05) is 0 Å². The Morgan fingerprint density at radius 2 is 2.00 bits per heavy atom. The van der Waals surface area contributed by atoms with Gasteiger partial charge < -0.3 is 24.8 Å². The number of nitrogens with one attached hydrogen (secondary N) is 1. The number of anilines is 1. The van der Waals surface area contributed by atoms with Crippen LogP contribution in [0.1, 0.15) is 12.8 Å². The molecule has 0 spiro atoms. The van der Waals surface area contributed by atoms with Crippen molar-refractivity contribution < 1.29 is 4.74 Å². The molecular formula is C18H31N5OS. The van der Waals surface area contributed by atoms with E-state index in [0.29, 0.717) is 0 Å². The molecule has 140 valence electrons. The lowest BCUT2D eigenvalue weighted by Gasteiger charge is -2.44. The zero-order valence-corrected chi connectivity index (χ0v) is 16.5. The van der Waals surface area contributed by atoms with Crippen LogP contribution in [0.2, 0.25) is 0 Å². The summed E-state index contributed by atoms with van der Waals surface area (Å²) in [6.07, 6.45) is 2.13. The van der Waals surface area contributed by atoms with E-state index in [9.17, 15) is 0 Å². The fourth-order valence-electron chi connectivity index (χ4n) is 3.70. The van der Waals surface area contributed by atoms with E-state index in [-0.39, 0.29) is 5.54 Å². The summed E-state index contributed by atoms with van der Waals surface area (Å²) in [7, 11) is 6.24. The summed E-state index contributed by atoms with van der Waals surface area (Å²) in [5.41, 5.74) is 0.160. The number of hydrogen-bond donors (Lipinski definition) is 1. The zero-order chi connectivity index (χ0) is 17.7. The van der Waals surface area contributed by atoms with Crippen LogP contribution < -0.4 is 10.2 Å². The first kappa shape index (κ1) is 18.5. The molecule has 2 fully saturated rings. The van der Waals surface area contributed by atoms with E-state index in [0.717, 1.165) is 64.7 Å². The number of rotatable bonds is 4. The van der Waals surface area contributed by atoms with Gasteiger partial charge in [-0.05, 0) is 44.4 Å². The predicted octanol–water partition coefficient (Wildman–Crippen LogP) is 1.56. The number of ether oxygens (including phenoxy) is 1. The van der Waals surface area contributed by atoms with Crippen molar-refractivity contribution in [3.05, 3.63) is 17.5 Å². The van der Waals surface area contributed by atoms with Gasteiger partial charge in [0.25, 0.3) is 0 Å². The van der Waals surface area contributed by atoms with Gasteiger partial charge in [0, 0.05) is 58.5 Å². The maximum atomic E-state index is 5.57. The molecule has 1 N–H and O–H groups in total. The first-order valence-corrected chi connectivity index (χ1v) is 10.0. The molecule has 3 heterocycles. The Bertz CT molecular complexity index is 546. The molecule has 2 saturated heterocycles. The van der Waals surface area contributed by atoms with Crippen molar-refractivity contribution in [3.63, 3.8) is 0 Å². The molecule has 0 aliphatic carbocycles. The highest BCUT2D eigenvalue weighted by atomic mass is 32.1. The highest BCUT2D eigenvalue weighted by Crippen LogP contribution is 2.25. The van der Waals surface area contributed by atoms with Crippen LogP contribution in [0.4, 0.5) is 5.00 Å². The standard InChI is InChI=1S/C18H31N5OS/c1-19-17(20-15-18(21(2)3)6-12-24-13-7-18)23-10-8-22(9-11-23)16-5-4-14-25-16/h4-5,14H,6-13,15H2,1-3H3,(H,19,20). The van der Waals surface area contributed by atoms with Crippen LogP contribution in [0.3, 0.4) is 0 Å². The molecule has 0 bridgehead atoms. The molecule has 7 heteroatoms. The number of aliphatic imine (C=N–C) groups is 1. The number of thiophene rings is 1. The first-order chi connectivity index (χ1) is 12.1. The number of likely N-dealkylation sites (N-methyl/N-ethyl adjacent to an activating group) is 1. The predicted molar refractivity (Wildman–Crippen MR) is 106 cm³/mol. The quantitative estimate of drug-likeness (QED) is 0.648. The molecule has 0 unspecified atom stereocenters. The second kappa shape index (κ2) is 8.38. The molecule has 25 heavy (non-hydrogen) atoms. The monoisotopic (exact) mass is 365 g/mol. The van der Waals surface area contributed by atoms with E-state index in [1.54, 1.807) is 0 Å². The van der Waals surface area contributed by atoms with Crippen molar-refractivity contribution in [1.29, 1.82) is 0 Å². The van der Waals surface area contributed by atoms with Crippen LogP contribution in [0, 0.1) is 0 Å². The minimum Gasteiger partial charge on any atom is -0.381 e. The Balaban J connectivity index is 1.54. The van der Waals surface area contributed by atoms with Crippen LogP contribution in [0.15, 0.2) is 22.5 Å².